The topological polar surface area (TPSA) is 59.2 Å². The summed E-state index contributed by atoms with van der Waals surface area (Å²) in [5.41, 5.74) is 0.411. The first kappa shape index (κ1) is 20.2. The summed E-state index contributed by atoms with van der Waals surface area (Å²) in [6.07, 6.45) is 0. The van der Waals surface area contributed by atoms with Crippen molar-refractivity contribution in [2.24, 2.45) is 0 Å². The molecule has 0 fully saturated rings. The van der Waals surface area contributed by atoms with E-state index in [9.17, 15) is 13.6 Å². The molecule has 0 atom stereocenters. The number of rotatable bonds is 5. The van der Waals surface area contributed by atoms with E-state index in [0.717, 1.165) is 12.1 Å². The maximum atomic E-state index is 13.6. The molecule has 0 aliphatic carbocycles. The lowest BCUT2D eigenvalue weighted by Crippen LogP contribution is -2.36. The number of carbonyl (C=O) groups excluding carboxylic acids is 1. The summed E-state index contributed by atoms with van der Waals surface area (Å²) in [6.45, 7) is 3.48. The third-order valence-corrected chi connectivity index (χ3v) is 4.64. The Morgan fingerprint density at radius 1 is 1.11 bits per heavy atom. The first-order valence-electron chi connectivity index (χ1n) is 8.30. The molecular weight excluding hydrogens is 411 g/mol. The van der Waals surface area contributed by atoms with Crippen molar-refractivity contribution in [1.29, 1.82) is 0 Å². The van der Waals surface area contributed by atoms with E-state index in [-0.39, 0.29) is 35.0 Å². The highest BCUT2D eigenvalue weighted by Crippen LogP contribution is 2.27. The lowest BCUT2D eigenvalue weighted by atomic mass is 10.1. The van der Waals surface area contributed by atoms with E-state index in [1.807, 2.05) is 0 Å². The molecule has 0 unspecified atom stereocenters. The van der Waals surface area contributed by atoms with Crippen LogP contribution in [-0.2, 0) is 6.54 Å². The van der Waals surface area contributed by atoms with Crippen LogP contribution >= 0.6 is 23.2 Å². The second kappa shape index (κ2) is 8.24. The third kappa shape index (κ3) is 4.15. The Kier molecular flexibility index (Phi) is 5.96. The van der Waals surface area contributed by atoms with Gasteiger partial charge in [0.25, 0.3) is 5.91 Å². The zero-order chi connectivity index (χ0) is 20.4. The van der Waals surface area contributed by atoms with Crippen molar-refractivity contribution in [1.82, 2.24) is 15.1 Å². The van der Waals surface area contributed by atoms with Crippen molar-refractivity contribution in [2.45, 2.75) is 26.4 Å². The smallest absolute Gasteiger partial charge is 0.256 e. The standard InChI is InChI=1S/C19H15Cl2F2N3O2/c1-10(2)26(19(27)12-7-15(22)16(23)8-14(12)21)9-17-24-25-18(28-17)11-5-3-4-6-13(11)20/h3-8,10H,9H2,1-2H3. The van der Waals surface area contributed by atoms with Gasteiger partial charge in [0.15, 0.2) is 11.6 Å². The van der Waals surface area contributed by atoms with Crippen LogP contribution in [0.1, 0.15) is 30.1 Å². The van der Waals surface area contributed by atoms with Crippen LogP contribution in [0.2, 0.25) is 10.0 Å². The molecule has 0 saturated heterocycles. The first-order valence-corrected chi connectivity index (χ1v) is 9.06. The number of hydrogen-bond donors (Lipinski definition) is 0. The van der Waals surface area contributed by atoms with Crippen molar-refractivity contribution in [3.8, 4) is 11.5 Å². The monoisotopic (exact) mass is 425 g/mol. The molecular formula is C19H15Cl2F2N3O2. The summed E-state index contributed by atoms with van der Waals surface area (Å²) in [6, 6.07) is 8.21. The molecule has 0 aliphatic rings. The van der Waals surface area contributed by atoms with Crippen LogP contribution in [0, 0.1) is 11.6 Å². The fourth-order valence-electron chi connectivity index (χ4n) is 2.54. The molecule has 3 rings (SSSR count). The van der Waals surface area contributed by atoms with Crippen molar-refractivity contribution >= 4 is 29.1 Å². The Morgan fingerprint density at radius 2 is 1.79 bits per heavy atom. The molecule has 0 aliphatic heterocycles. The van der Waals surface area contributed by atoms with Crippen LogP contribution in [0.25, 0.3) is 11.5 Å². The molecule has 0 N–H and O–H groups in total. The zero-order valence-electron chi connectivity index (χ0n) is 14.9. The lowest BCUT2D eigenvalue weighted by Gasteiger charge is -2.25. The molecule has 9 heteroatoms. The van der Waals surface area contributed by atoms with Gasteiger partial charge in [-0.3, -0.25) is 4.79 Å². The summed E-state index contributed by atoms with van der Waals surface area (Å²) < 4.78 is 32.5. The van der Waals surface area contributed by atoms with Crippen LogP contribution < -0.4 is 0 Å². The van der Waals surface area contributed by atoms with Crippen molar-refractivity contribution in [3.63, 3.8) is 0 Å². The summed E-state index contributed by atoms with van der Waals surface area (Å²) in [5.74, 6) is -2.50. The largest absolute Gasteiger partial charge is 0.419 e. The average molecular weight is 426 g/mol. The molecule has 3 aromatic rings. The molecule has 1 amide bonds. The second-order valence-electron chi connectivity index (χ2n) is 6.25. The van der Waals surface area contributed by atoms with Crippen LogP contribution in [0.5, 0.6) is 0 Å². The molecule has 5 nitrogen and oxygen atoms in total. The van der Waals surface area contributed by atoms with E-state index in [2.05, 4.69) is 10.2 Å². The van der Waals surface area contributed by atoms with E-state index >= 15 is 0 Å². The Labute approximate surface area is 169 Å². The second-order valence-corrected chi connectivity index (χ2v) is 7.07. The van der Waals surface area contributed by atoms with Gasteiger partial charge in [0.2, 0.25) is 11.8 Å². The first-order chi connectivity index (χ1) is 13.3. The minimum absolute atomic E-state index is 0.0384. The summed E-state index contributed by atoms with van der Waals surface area (Å²) in [7, 11) is 0. The summed E-state index contributed by atoms with van der Waals surface area (Å²) in [4.78, 5) is 14.2. The van der Waals surface area contributed by atoms with E-state index in [0.29, 0.717) is 10.6 Å². The van der Waals surface area contributed by atoms with Crippen LogP contribution in [-0.4, -0.2) is 27.0 Å². The fraction of sp³-hybridized carbons (Fsp3) is 0.211. The molecule has 0 saturated carbocycles. The molecule has 2 aromatic carbocycles. The number of aromatic nitrogens is 2. The summed E-state index contributed by atoms with van der Waals surface area (Å²) >= 11 is 12.1. The van der Waals surface area contributed by atoms with Gasteiger partial charge in [-0.05, 0) is 38.1 Å². The fourth-order valence-corrected chi connectivity index (χ4v) is 2.98. The Balaban J connectivity index is 1.88. The van der Waals surface area contributed by atoms with Crippen LogP contribution in [0.15, 0.2) is 40.8 Å². The van der Waals surface area contributed by atoms with Crippen molar-refractivity contribution in [3.05, 3.63) is 69.5 Å². The van der Waals surface area contributed by atoms with Crippen LogP contribution in [0.4, 0.5) is 8.78 Å². The highest BCUT2D eigenvalue weighted by atomic mass is 35.5. The normalized spacial score (nSPS) is 11.1. The van der Waals surface area contributed by atoms with E-state index in [1.165, 1.54) is 4.90 Å². The van der Waals surface area contributed by atoms with E-state index < -0.39 is 17.5 Å². The Bertz CT molecular complexity index is 1020. The molecule has 0 radical (unpaired) electrons. The van der Waals surface area contributed by atoms with Crippen molar-refractivity contribution in [2.75, 3.05) is 0 Å². The number of benzene rings is 2. The Hall–Kier alpha value is -2.51. The maximum absolute atomic E-state index is 13.6. The quantitative estimate of drug-likeness (QED) is 0.515. The van der Waals surface area contributed by atoms with Gasteiger partial charge >= 0.3 is 0 Å². The van der Waals surface area contributed by atoms with Gasteiger partial charge in [-0.2, -0.15) is 0 Å². The molecule has 0 bridgehead atoms. The predicted molar refractivity (Wildman–Crippen MR) is 101 cm³/mol. The number of halogens is 4. The molecule has 1 aromatic heterocycles. The number of carbonyl (C=O) groups is 1. The van der Waals surface area contributed by atoms with Gasteiger partial charge in [0, 0.05) is 6.04 Å². The SMILES string of the molecule is CC(C)N(Cc1nnc(-c2ccccc2Cl)o1)C(=O)c1cc(F)c(F)cc1Cl. The van der Waals surface area contributed by atoms with E-state index in [1.54, 1.807) is 38.1 Å². The van der Waals surface area contributed by atoms with Gasteiger partial charge < -0.3 is 9.32 Å². The zero-order valence-corrected chi connectivity index (χ0v) is 16.4. The van der Waals surface area contributed by atoms with Crippen molar-refractivity contribution < 1.29 is 18.0 Å². The predicted octanol–water partition coefficient (Wildman–Crippen LogP) is 5.37. The van der Waals surface area contributed by atoms with E-state index in [4.69, 9.17) is 27.6 Å². The molecule has 1 heterocycles. The number of hydrogen-bond acceptors (Lipinski definition) is 4. The van der Waals surface area contributed by atoms with Gasteiger partial charge in [-0.25, -0.2) is 8.78 Å². The lowest BCUT2D eigenvalue weighted by molar-refractivity contribution is 0.0672. The van der Waals surface area contributed by atoms with Gasteiger partial charge in [-0.15, -0.1) is 10.2 Å². The number of amides is 1. The minimum Gasteiger partial charge on any atom is -0.419 e. The van der Waals surface area contributed by atoms with Gasteiger partial charge in [-0.1, -0.05) is 35.3 Å². The Morgan fingerprint density at radius 3 is 2.46 bits per heavy atom. The maximum Gasteiger partial charge on any atom is 0.256 e. The molecule has 146 valence electrons. The average Bonchev–Trinajstić information content (AvgIpc) is 3.11. The summed E-state index contributed by atoms with van der Waals surface area (Å²) in [5, 5.41) is 8.17. The van der Waals surface area contributed by atoms with Gasteiger partial charge in [0.1, 0.15) is 0 Å². The van der Waals surface area contributed by atoms with Gasteiger partial charge in [0.05, 0.1) is 27.7 Å². The number of nitrogens with zero attached hydrogens (tertiary/aromatic N) is 3. The highest BCUT2D eigenvalue weighted by molar-refractivity contribution is 6.34. The molecule has 0 spiro atoms. The third-order valence-electron chi connectivity index (χ3n) is 4.00. The highest BCUT2D eigenvalue weighted by Gasteiger charge is 2.25. The minimum atomic E-state index is -1.16. The van der Waals surface area contributed by atoms with Crippen LogP contribution in [0.3, 0.4) is 0 Å². The molecule has 28 heavy (non-hydrogen) atoms.